The van der Waals surface area contributed by atoms with Crippen LogP contribution in [-0.4, -0.2) is 6.54 Å². The van der Waals surface area contributed by atoms with Gasteiger partial charge in [0.1, 0.15) is 5.82 Å². The molecule has 2 heteroatoms. The van der Waals surface area contributed by atoms with Crippen molar-refractivity contribution in [3.8, 4) is 0 Å². The molecular weight excluding hydrogens is 261 g/mol. The molecule has 0 aliphatic carbocycles. The zero-order valence-corrected chi connectivity index (χ0v) is 11.9. The number of halogens is 1. The average molecular weight is 279 g/mol. The summed E-state index contributed by atoms with van der Waals surface area (Å²) in [5.41, 5.74) is 2.44. The van der Waals surface area contributed by atoms with E-state index in [-0.39, 0.29) is 5.82 Å². The number of rotatable bonds is 5. The smallest absolute Gasteiger partial charge is 0.123 e. The van der Waals surface area contributed by atoms with E-state index in [1.54, 1.807) is 0 Å². The van der Waals surface area contributed by atoms with E-state index in [1.807, 2.05) is 12.1 Å². The minimum atomic E-state index is -0.185. The van der Waals surface area contributed by atoms with E-state index in [9.17, 15) is 4.39 Å². The van der Waals surface area contributed by atoms with Gasteiger partial charge in [-0.1, -0.05) is 54.6 Å². The lowest BCUT2D eigenvalue weighted by molar-refractivity contribution is 0.625. The van der Waals surface area contributed by atoms with Crippen LogP contribution in [0, 0.1) is 5.82 Å². The third-order valence-corrected chi connectivity index (χ3v) is 3.65. The van der Waals surface area contributed by atoms with Crippen LogP contribution < -0.4 is 5.32 Å². The van der Waals surface area contributed by atoms with E-state index in [1.165, 1.54) is 28.5 Å². The van der Waals surface area contributed by atoms with E-state index >= 15 is 0 Å². The van der Waals surface area contributed by atoms with E-state index in [0.29, 0.717) is 0 Å². The SMILES string of the molecule is Fc1ccc(CNCCc2ccc3ccccc3c2)cc1. The first-order valence-corrected chi connectivity index (χ1v) is 7.24. The maximum atomic E-state index is 12.8. The Labute approximate surface area is 124 Å². The lowest BCUT2D eigenvalue weighted by Gasteiger charge is -2.06. The van der Waals surface area contributed by atoms with Gasteiger partial charge in [-0.15, -0.1) is 0 Å². The van der Waals surface area contributed by atoms with Crippen LogP contribution in [0.3, 0.4) is 0 Å². The van der Waals surface area contributed by atoms with Gasteiger partial charge in [0.15, 0.2) is 0 Å². The van der Waals surface area contributed by atoms with E-state index < -0.39 is 0 Å². The molecule has 0 bridgehead atoms. The van der Waals surface area contributed by atoms with Crippen molar-refractivity contribution in [2.75, 3.05) is 6.54 Å². The van der Waals surface area contributed by atoms with Gasteiger partial charge in [0.05, 0.1) is 0 Å². The lowest BCUT2D eigenvalue weighted by atomic mass is 10.1. The summed E-state index contributed by atoms with van der Waals surface area (Å²) in [4.78, 5) is 0. The standard InChI is InChI=1S/C19H18FN/c20-19-9-6-16(7-10-19)14-21-12-11-15-5-8-17-3-1-2-4-18(17)13-15/h1-10,13,21H,11-12,14H2. The summed E-state index contributed by atoms with van der Waals surface area (Å²) in [6, 6.07) is 21.6. The van der Waals surface area contributed by atoms with Crippen LogP contribution in [0.25, 0.3) is 10.8 Å². The summed E-state index contributed by atoms with van der Waals surface area (Å²) >= 11 is 0. The fraction of sp³-hybridized carbons (Fsp3) is 0.158. The molecule has 0 heterocycles. The van der Waals surface area contributed by atoms with Crippen LogP contribution in [-0.2, 0) is 13.0 Å². The van der Waals surface area contributed by atoms with Crippen LogP contribution in [0.5, 0.6) is 0 Å². The molecule has 0 unspecified atom stereocenters. The molecule has 0 saturated carbocycles. The molecule has 0 fully saturated rings. The molecule has 0 amide bonds. The fourth-order valence-electron chi connectivity index (χ4n) is 2.46. The van der Waals surface area contributed by atoms with Crippen LogP contribution in [0.1, 0.15) is 11.1 Å². The van der Waals surface area contributed by atoms with Crippen LogP contribution in [0.4, 0.5) is 4.39 Å². The highest BCUT2D eigenvalue weighted by atomic mass is 19.1. The topological polar surface area (TPSA) is 12.0 Å². The molecule has 21 heavy (non-hydrogen) atoms. The molecule has 0 aliphatic heterocycles. The van der Waals surface area contributed by atoms with Gasteiger partial charge in [0.2, 0.25) is 0 Å². The molecular formula is C19H18FN. The molecule has 0 spiro atoms. The molecule has 0 radical (unpaired) electrons. The molecule has 3 aromatic carbocycles. The number of nitrogens with one attached hydrogen (secondary N) is 1. The Bertz CT molecular complexity index is 719. The number of hydrogen-bond donors (Lipinski definition) is 1. The second kappa shape index (κ2) is 6.51. The minimum Gasteiger partial charge on any atom is -0.312 e. The van der Waals surface area contributed by atoms with Crippen molar-refractivity contribution in [2.45, 2.75) is 13.0 Å². The number of benzene rings is 3. The first-order chi connectivity index (χ1) is 10.3. The third kappa shape index (κ3) is 3.67. The fourth-order valence-corrected chi connectivity index (χ4v) is 2.46. The predicted octanol–water partition coefficient (Wildman–Crippen LogP) is 4.31. The van der Waals surface area contributed by atoms with Crippen molar-refractivity contribution in [3.63, 3.8) is 0 Å². The van der Waals surface area contributed by atoms with Crippen LogP contribution in [0.15, 0.2) is 66.7 Å². The normalized spacial score (nSPS) is 10.9. The molecule has 0 aromatic heterocycles. The summed E-state index contributed by atoms with van der Waals surface area (Å²) in [6.45, 7) is 1.68. The summed E-state index contributed by atoms with van der Waals surface area (Å²) in [7, 11) is 0. The molecule has 0 saturated heterocycles. The van der Waals surface area contributed by atoms with Crippen molar-refractivity contribution < 1.29 is 4.39 Å². The van der Waals surface area contributed by atoms with E-state index in [2.05, 4.69) is 47.8 Å². The highest BCUT2D eigenvalue weighted by Crippen LogP contribution is 2.15. The second-order valence-electron chi connectivity index (χ2n) is 5.23. The Hall–Kier alpha value is -2.19. The molecule has 1 N–H and O–H groups in total. The average Bonchev–Trinajstić information content (AvgIpc) is 2.53. The highest BCUT2D eigenvalue weighted by Gasteiger charge is 1.97. The molecule has 3 rings (SSSR count). The molecule has 3 aromatic rings. The van der Waals surface area contributed by atoms with E-state index in [0.717, 1.165) is 25.1 Å². The van der Waals surface area contributed by atoms with Gasteiger partial charge >= 0.3 is 0 Å². The lowest BCUT2D eigenvalue weighted by Crippen LogP contribution is -2.16. The number of hydrogen-bond acceptors (Lipinski definition) is 1. The monoisotopic (exact) mass is 279 g/mol. The minimum absolute atomic E-state index is 0.185. The van der Waals surface area contributed by atoms with Crippen molar-refractivity contribution in [3.05, 3.63) is 83.7 Å². The van der Waals surface area contributed by atoms with Crippen molar-refractivity contribution in [1.29, 1.82) is 0 Å². The zero-order chi connectivity index (χ0) is 14.5. The maximum Gasteiger partial charge on any atom is 0.123 e. The Kier molecular flexibility index (Phi) is 4.27. The van der Waals surface area contributed by atoms with Gasteiger partial charge in [-0.2, -0.15) is 0 Å². The largest absolute Gasteiger partial charge is 0.312 e. The van der Waals surface area contributed by atoms with Crippen LogP contribution in [0.2, 0.25) is 0 Å². The molecule has 0 atom stereocenters. The summed E-state index contributed by atoms with van der Waals surface area (Å²) in [6.07, 6.45) is 0.992. The quantitative estimate of drug-likeness (QED) is 0.686. The van der Waals surface area contributed by atoms with E-state index in [4.69, 9.17) is 0 Å². The van der Waals surface area contributed by atoms with Crippen molar-refractivity contribution in [2.24, 2.45) is 0 Å². The Balaban J connectivity index is 1.53. The van der Waals surface area contributed by atoms with Gasteiger partial charge in [0, 0.05) is 6.54 Å². The number of fused-ring (bicyclic) bond motifs is 1. The predicted molar refractivity (Wildman–Crippen MR) is 85.8 cm³/mol. The summed E-state index contributed by atoms with van der Waals surface area (Å²) in [5, 5.41) is 5.96. The first-order valence-electron chi connectivity index (χ1n) is 7.24. The zero-order valence-electron chi connectivity index (χ0n) is 11.9. The maximum absolute atomic E-state index is 12.8. The van der Waals surface area contributed by atoms with Gasteiger partial charge in [-0.25, -0.2) is 4.39 Å². The Morgan fingerprint density at radius 3 is 2.29 bits per heavy atom. The van der Waals surface area contributed by atoms with Crippen LogP contribution >= 0.6 is 0 Å². The molecule has 106 valence electrons. The second-order valence-corrected chi connectivity index (χ2v) is 5.23. The van der Waals surface area contributed by atoms with Crippen molar-refractivity contribution in [1.82, 2.24) is 5.32 Å². The summed E-state index contributed by atoms with van der Waals surface area (Å²) < 4.78 is 12.8. The molecule has 1 nitrogen and oxygen atoms in total. The Morgan fingerprint density at radius 1 is 0.762 bits per heavy atom. The highest BCUT2D eigenvalue weighted by molar-refractivity contribution is 5.82. The third-order valence-electron chi connectivity index (χ3n) is 3.65. The first kappa shape index (κ1) is 13.8. The van der Waals surface area contributed by atoms with Gasteiger partial charge < -0.3 is 5.32 Å². The van der Waals surface area contributed by atoms with Gasteiger partial charge in [-0.3, -0.25) is 0 Å². The van der Waals surface area contributed by atoms with Gasteiger partial charge in [0.25, 0.3) is 0 Å². The van der Waals surface area contributed by atoms with Gasteiger partial charge in [-0.05, 0) is 47.0 Å². The van der Waals surface area contributed by atoms with Crippen molar-refractivity contribution >= 4 is 10.8 Å². The Morgan fingerprint density at radius 2 is 1.48 bits per heavy atom. The molecule has 0 aliphatic rings. The summed E-state index contributed by atoms with van der Waals surface area (Å²) in [5.74, 6) is -0.185.